The molecular weight excluding hydrogens is 863 g/mol. The van der Waals surface area contributed by atoms with E-state index in [0.717, 1.165) is 18.2 Å². The molecule has 1 spiro atoms. The molecular formula is C30H15AsF20O3. The Hall–Kier alpha value is -3.59. The van der Waals surface area contributed by atoms with E-state index in [1.165, 1.54) is 0 Å². The van der Waals surface area contributed by atoms with Crippen molar-refractivity contribution < 1.29 is 100 Å². The third-order valence-electron chi connectivity index (χ3n) is 8.92. The van der Waals surface area contributed by atoms with Crippen molar-refractivity contribution in [2.45, 2.75) is 64.8 Å². The van der Waals surface area contributed by atoms with Gasteiger partial charge in [-0.3, -0.25) is 0 Å². The first kappa shape index (κ1) is 41.6. The second kappa shape index (κ2) is 11.5. The molecule has 298 valence electrons. The van der Waals surface area contributed by atoms with Gasteiger partial charge < -0.3 is 0 Å². The van der Waals surface area contributed by atoms with Crippen LogP contribution < -0.4 is 8.70 Å². The third kappa shape index (κ3) is 4.81. The molecule has 3 aromatic carbocycles. The minimum atomic E-state index is -9.37. The van der Waals surface area contributed by atoms with Gasteiger partial charge in [-0.1, -0.05) is 0 Å². The van der Waals surface area contributed by atoms with Gasteiger partial charge in [0.1, 0.15) is 0 Å². The zero-order valence-corrected chi connectivity index (χ0v) is 27.3. The van der Waals surface area contributed by atoms with Crippen LogP contribution in [0.15, 0.2) is 78.9 Å². The van der Waals surface area contributed by atoms with E-state index in [-0.39, 0.29) is 24.3 Å². The van der Waals surface area contributed by atoms with Crippen LogP contribution in [-0.2, 0) is 18.7 Å². The summed E-state index contributed by atoms with van der Waals surface area (Å²) in [6.45, 7) is 0. The van der Waals surface area contributed by atoms with Gasteiger partial charge >= 0.3 is 288 Å². The van der Waals surface area contributed by atoms with Crippen LogP contribution in [0.5, 0.6) is 0 Å². The molecule has 0 saturated carbocycles. The Morgan fingerprint density at radius 3 is 1.02 bits per heavy atom. The van der Waals surface area contributed by atoms with Crippen LogP contribution in [0.1, 0.15) is 21.5 Å². The molecule has 0 saturated heterocycles. The predicted octanol–water partition coefficient (Wildman–Crippen LogP) is 9.32. The van der Waals surface area contributed by atoms with Crippen molar-refractivity contribution in [1.29, 1.82) is 0 Å². The number of halogens is 20. The molecule has 0 bridgehead atoms. The van der Waals surface area contributed by atoms with Crippen LogP contribution in [0.3, 0.4) is 0 Å². The number of benzene rings is 3. The molecule has 54 heavy (non-hydrogen) atoms. The molecule has 0 N–H and O–H groups in total. The molecule has 0 fully saturated rings. The normalized spacial score (nSPS) is 20.6. The van der Waals surface area contributed by atoms with Crippen molar-refractivity contribution in [3.05, 3.63) is 95.6 Å². The van der Waals surface area contributed by atoms with E-state index in [1.807, 2.05) is 0 Å². The van der Waals surface area contributed by atoms with E-state index in [4.69, 9.17) is 0 Å². The number of fused-ring (bicyclic) bond motifs is 4. The summed E-state index contributed by atoms with van der Waals surface area (Å²) in [5.74, 6) is -32.9. The summed E-state index contributed by atoms with van der Waals surface area (Å²) in [6.07, 6.45) is -30.7. The van der Waals surface area contributed by atoms with Crippen LogP contribution in [-0.4, -0.2) is 67.3 Å². The van der Waals surface area contributed by atoms with Crippen molar-refractivity contribution in [2.75, 3.05) is 0 Å². The number of carbonyl (C=O) groups excluding carboxylic acids is 1. The zero-order chi connectivity index (χ0) is 41.2. The Morgan fingerprint density at radius 2 is 0.722 bits per heavy atom. The van der Waals surface area contributed by atoms with Crippen molar-refractivity contribution in [1.82, 2.24) is 0 Å². The van der Waals surface area contributed by atoms with E-state index in [2.05, 4.69) is 7.45 Å². The summed E-state index contributed by atoms with van der Waals surface area (Å²) in [4.78, 5) is 13.8. The van der Waals surface area contributed by atoms with E-state index >= 15 is 35.1 Å². The molecule has 24 heteroatoms. The van der Waals surface area contributed by atoms with Gasteiger partial charge in [-0.15, -0.1) is 0 Å². The van der Waals surface area contributed by atoms with E-state index in [9.17, 15) is 57.5 Å². The number of Topliss-reactive ketones (excluding diaryl/α,β-unsaturated/α-hetero) is 1. The van der Waals surface area contributed by atoms with Gasteiger partial charge in [0, 0.05) is 0 Å². The first-order valence-corrected chi connectivity index (χ1v) is 18.9. The fourth-order valence-corrected chi connectivity index (χ4v) is 19.0. The standard InChI is InChI=1S/C30H15AsF20O3/c32-23(33,27(40,41)42)21(24(34,35)28(43,44)45)16-10-4-6-12-18(16)31(53-21,14-20(52)15-8-2-1-3-9-15)19-13-7-5-11-17(19)22(54-31,25(36,37)29(46,47)48)26(38,39)30(49,50)51/h1-13H,14H2. The first-order chi connectivity index (χ1) is 24.2. The monoisotopic (exact) mass is 878 g/mol. The molecule has 5 rings (SSSR count). The minimum absolute atomic E-state index is 0.130. The first-order valence-electron chi connectivity index (χ1n) is 14.2. The van der Waals surface area contributed by atoms with Gasteiger partial charge in [-0.05, 0) is 0 Å². The molecule has 0 atom stereocenters. The summed E-state index contributed by atoms with van der Waals surface area (Å²) >= 11 is -9.37. The van der Waals surface area contributed by atoms with E-state index in [1.54, 1.807) is 0 Å². The molecule has 2 aliphatic rings. The Labute approximate surface area is 288 Å². The average molecular weight is 878 g/mol. The molecule has 3 aromatic rings. The molecule has 0 amide bonds. The SMILES string of the molecule is O=C(C[As]12(OC(C(F)(F)C(F)(F)F)(C(F)(F)C(F)(F)F)c3ccccc31)OC(C(F)(F)C(F)(F)F)(C(F)(F)C(F)(F)F)c1ccccc12)c1ccccc1. The van der Waals surface area contributed by atoms with Gasteiger partial charge in [0.05, 0.1) is 0 Å². The zero-order valence-electron chi connectivity index (χ0n) is 25.4. The molecule has 2 heterocycles. The molecule has 0 unspecified atom stereocenters. The van der Waals surface area contributed by atoms with Gasteiger partial charge in [-0.25, -0.2) is 0 Å². The molecule has 0 radical (unpaired) electrons. The van der Waals surface area contributed by atoms with Crippen LogP contribution >= 0.6 is 0 Å². The second-order valence-corrected chi connectivity index (χ2v) is 20.1. The number of carbonyl (C=O) groups is 1. The summed E-state index contributed by atoms with van der Waals surface area (Å²) < 4.78 is 303. The number of hydrogen-bond donors (Lipinski definition) is 0. The van der Waals surface area contributed by atoms with E-state index < -0.39 is 121 Å². The molecule has 2 aliphatic heterocycles. The van der Waals surface area contributed by atoms with Gasteiger partial charge in [0.15, 0.2) is 0 Å². The van der Waals surface area contributed by atoms with Gasteiger partial charge in [0.25, 0.3) is 0 Å². The predicted molar refractivity (Wildman–Crippen MR) is 143 cm³/mol. The summed E-state index contributed by atoms with van der Waals surface area (Å²) in [6, 6.07) is 3.85. The molecule has 0 aliphatic carbocycles. The average Bonchev–Trinajstić information content (AvgIpc) is 3.47. The van der Waals surface area contributed by atoms with Crippen molar-refractivity contribution in [3.8, 4) is 0 Å². The molecule has 3 nitrogen and oxygen atoms in total. The number of alkyl halides is 20. The quantitative estimate of drug-likeness (QED) is 0.135. The van der Waals surface area contributed by atoms with Gasteiger partial charge in [0.2, 0.25) is 0 Å². The topological polar surface area (TPSA) is 35.5 Å². The third-order valence-corrected chi connectivity index (χ3v) is 19.2. The Bertz CT molecular complexity index is 1800. The van der Waals surface area contributed by atoms with Crippen LogP contribution in [0.25, 0.3) is 0 Å². The Balaban J connectivity index is 2.15. The maximum absolute atomic E-state index is 15.9. The van der Waals surface area contributed by atoms with Crippen LogP contribution in [0.2, 0.25) is 5.21 Å². The van der Waals surface area contributed by atoms with Gasteiger partial charge in [-0.2, -0.15) is 0 Å². The molecule has 0 aromatic heterocycles. The van der Waals surface area contributed by atoms with Crippen molar-refractivity contribution >= 4 is 27.6 Å². The number of rotatable bonds is 7. The number of hydrogen-bond acceptors (Lipinski definition) is 3. The maximum atomic E-state index is 15.9. The summed E-state index contributed by atoms with van der Waals surface area (Å²) in [5.41, 5.74) is -20.2. The Kier molecular flexibility index (Phi) is 8.84. The second-order valence-electron chi connectivity index (χ2n) is 11.9. The van der Waals surface area contributed by atoms with E-state index in [0.29, 0.717) is 24.3 Å². The number of ketones is 1. The fraction of sp³-hybridized carbons (Fsp3) is 0.367. The summed E-state index contributed by atoms with van der Waals surface area (Å²) in [5, 5.41) is -2.64. The van der Waals surface area contributed by atoms with Crippen LogP contribution in [0.4, 0.5) is 87.8 Å². The summed E-state index contributed by atoms with van der Waals surface area (Å²) in [7, 11) is 0. The van der Waals surface area contributed by atoms with Crippen molar-refractivity contribution in [3.63, 3.8) is 0 Å². The van der Waals surface area contributed by atoms with Crippen LogP contribution in [0, 0.1) is 0 Å². The Morgan fingerprint density at radius 1 is 0.444 bits per heavy atom. The fourth-order valence-electron chi connectivity index (χ4n) is 6.66. The van der Waals surface area contributed by atoms with Crippen molar-refractivity contribution in [2.24, 2.45) is 0 Å².